The Hall–Kier alpha value is -2.76. The Labute approximate surface area is 135 Å². The van der Waals surface area contributed by atoms with Crippen molar-refractivity contribution in [3.05, 3.63) is 42.0 Å². The summed E-state index contributed by atoms with van der Waals surface area (Å²) in [5.41, 5.74) is 3.91. The van der Waals surface area contributed by atoms with Gasteiger partial charge in [-0.15, -0.1) is 0 Å². The van der Waals surface area contributed by atoms with Crippen LogP contribution in [-0.2, 0) is 0 Å². The van der Waals surface area contributed by atoms with Crippen LogP contribution in [0.5, 0.6) is 5.75 Å². The number of carbonyl (C=O) groups excluding carboxylic acids is 1. The van der Waals surface area contributed by atoms with Crippen molar-refractivity contribution in [2.24, 2.45) is 0 Å². The van der Waals surface area contributed by atoms with Crippen molar-refractivity contribution in [3.63, 3.8) is 0 Å². The van der Waals surface area contributed by atoms with Crippen molar-refractivity contribution >= 4 is 23.4 Å². The molecule has 23 heavy (non-hydrogen) atoms. The van der Waals surface area contributed by atoms with Gasteiger partial charge in [0.25, 0.3) is 0 Å². The molecular weight excluding hydrogens is 292 g/mol. The van der Waals surface area contributed by atoms with Gasteiger partial charge in [0.2, 0.25) is 0 Å². The lowest BCUT2D eigenvalue weighted by Crippen LogP contribution is -2.38. The number of fused-ring (bicyclic) bond motifs is 1. The number of hydrogen-bond acceptors (Lipinski definition) is 3. The number of aromatic amines is 1. The zero-order valence-corrected chi connectivity index (χ0v) is 13.3. The van der Waals surface area contributed by atoms with E-state index in [2.05, 4.69) is 21.4 Å². The molecular formula is C17H20N4O2. The highest BCUT2D eigenvalue weighted by atomic mass is 16.5. The van der Waals surface area contributed by atoms with Gasteiger partial charge < -0.3 is 15.0 Å². The van der Waals surface area contributed by atoms with Crippen molar-refractivity contribution in [3.8, 4) is 5.75 Å². The number of amides is 2. The second kappa shape index (κ2) is 6.56. The average Bonchev–Trinajstić information content (AvgIpc) is 3.09. The molecule has 6 heteroatoms. The van der Waals surface area contributed by atoms with Crippen LogP contribution in [0.15, 0.2) is 30.7 Å². The Balaban J connectivity index is 2.01. The van der Waals surface area contributed by atoms with Crippen LogP contribution in [0, 0.1) is 0 Å². The summed E-state index contributed by atoms with van der Waals surface area (Å²) in [6, 6.07) is 5.72. The molecule has 0 bridgehead atoms. The Kier molecular flexibility index (Phi) is 4.32. The number of carbonyl (C=O) groups is 1. The zero-order chi connectivity index (χ0) is 16.2. The minimum Gasteiger partial charge on any atom is -0.493 e. The molecule has 120 valence electrons. The number of nitrogens with zero attached hydrogens (tertiary/aromatic N) is 2. The third-order valence-electron chi connectivity index (χ3n) is 3.87. The lowest BCUT2D eigenvalue weighted by atomic mass is 9.98. The van der Waals surface area contributed by atoms with E-state index in [1.54, 1.807) is 18.3 Å². The first-order chi connectivity index (χ1) is 11.2. The summed E-state index contributed by atoms with van der Waals surface area (Å²) in [5, 5.41) is 2.67. The Morgan fingerprint density at radius 1 is 1.52 bits per heavy atom. The van der Waals surface area contributed by atoms with E-state index in [0.717, 1.165) is 34.7 Å². The van der Waals surface area contributed by atoms with Gasteiger partial charge in [-0.1, -0.05) is 0 Å². The fourth-order valence-corrected chi connectivity index (χ4v) is 2.73. The van der Waals surface area contributed by atoms with Crippen LogP contribution >= 0.6 is 0 Å². The van der Waals surface area contributed by atoms with Gasteiger partial charge in [0.05, 0.1) is 18.6 Å². The molecule has 0 aliphatic carbocycles. The molecule has 0 atom stereocenters. The molecule has 0 fully saturated rings. The fourth-order valence-electron chi connectivity index (χ4n) is 2.73. The second-order valence-corrected chi connectivity index (χ2v) is 5.24. The average molecular weight is 312 g/mol. The van der Waals surface area contributed by atoms with Gasteiger partial charge in [-0.05, 0) is 36.8 Å². The van der Waals surface area contributed by atoms with Gasteiger partial charge in [-0.25, -0.2) is 9.78 Å². The van der Waals surface area contributed by atoms with Crippen LogP contribution in [0.3, 0.4) is 0 Å². The van der Waals surface area contributed by atoms with Gasteiger partial charge in [-0.2, -0.15) is 0 Å². The molecule has 0 radical (unpaired) electrons. The van der Waals surface area contributed by atoms with Gasteiger partial charge in [0, 0.05) is 37.5 Å². The number of H-pyrrole nitrogens is 1. The Morgan fingerprint density at radius 3 is 3.09 bits per heavy atom. The predicted molar refractivity (Wildman–Crippen MR) is 90.5 cm³/mol. The third kappa shape index (κ3) is 3.06. The van der Waals surface area contributed by atoms with Crippen molar-refractivity contribution < 1.29 is 9.53 Å². The van der Waals surface area contributed by atoms with E-state index >= 15 is 0 Å². The number of ether oxygens (including phenoxy) is 1. The van der Waals surface area contributed by atoms with Gasteiger partial charge >= 0.3 is 6.03 Å². The quantitative estimate of drug-likeness (QED) is 0.915. The van der Waals surface area contributed by atoms with Gasteiger partial charge in [0.15, 0.2) is 0 Å². The van der Waals surface area contributed by atoms with Crippen LogP contribution in [-0.4, -0.2) is 36.2 Å². The van der Waals surface area contributed by atoms with Crippen molar-refractivity contribution in [2.75, 3.05) is 25.1 Å². The summed E-state index contributed by atoms with van der Waals surface area (Å²) < 4.78 is 5.74. The summed E-state index contributed by atoms with van der Waals surface area (Å²) in [5.74, 6) is 0.842. The standard InChI is InChI=1S/C17H20N4O2/c1-3-21(17(22)18-2)14-4-5-16-15(9-14)12(6-7-23-16)8-13-10-19-11-20-13/h4-5,8-11H,3,6-7H2,1-2H3,(H,18,22)(H,19,20)/b12-8-. The summed E-state index contributed by atoms with van der Waals surface area (Å²) in [4.78, 5) is 20.9. The van der Waals surface area contributed by atoms with Gasteiger partial charge in [0.1, 0.15) is 5.75 Å². The highest BCUT2D eigenvalue weighted by molar-refractivity contribution is 5.93. The molecule has 1 aliphatic heterocycles. The second-order valence-electron chi connectivity index (χ2n) is 5.24. The number of nitrogens with one attached hydrogen (secondary N) is 2. The maximum atomic E-state index is 12.0. The van der Waals surface area contributed by atoms with E-state index in [-0.39, 0.29) is 6.03 Å². The lowest BCUT2D eigenvalue weighted by molar-refractivity contribution is 0.248. The van der Waals surface area contributed by atoms with E-state index in [1.165, 1.54) is 0 Å². The molecule has 2 amide bonds. The van der Waals surface area contributed by atoms with E-state index in [9.17, 15) is 4.79 Å². The van der Waals surface area contributed by atoms with Crippen molar-refractivity contribution in [1.82, 2.24) is 15.3 Å². The molecule has 2 aromatic rings. The normalized spacial score (nSPS) is 15.0. The van der Waals surface area contributed by atoms with E-state index in [4.69, 9.17) is 4.74 Å². The third-order valence-corrected chi connectivity index (χ3v) is 3.87. The smallest absolute Gasteiger partial charge is 0.321 e. The van der Waals surface area contributed by atoms with Crippen molar-refractivity contribution in [2.45, 2.75) is 13.3 Å². The van der Waals surface area contributed by atoms with Crippen LogP contribution < -0.4 is 15.0 Å². The zero-order valence-electron chi connectivity index (χ0n) is 13.3. The Bertz CT molecular complexity index is 722. The number of anilines is 1. The Morgan fingerprint density at radius 2 is 2.39 bits per heavy atom. The summed E-state index contributed by atoms with van der Waals surface area (Å²) in [6.45, 7) is 3.19. The molecule has 0 spiro atoms. The first kappa shape index (κ1) is 15.1. The largest absolute Gasteiger partial charge is 0.493 e. The van der Waals surface area contributed by atoms with E-state index in [1.807, 2.05) is 31.3 Å². The van der Waals surface area contributed by atoms with Crippen LogP contribution in [0.4, 0.5) is 10.5 Å². The molecule has 3 rings (SSSR count). The molecule has 0 saturated heterocycles. The fraction of sp³-hybridized carbons (Fsp3) is 0.294. The molecule has 1 aliphatic rings. The van der Waals surface area contributed by atoms with Crippen LogP contribution in [0.25, 0.3) is 11.6 Å². The SMILES string of the molecule is CCN(C(=O)NC)c1ccc2c(c1)/C(=C\c1c[nH]cn1)CCO2. The predicted octanol–water partition coefficient (Wildman–Crippen LogP) is 2.90. The summed E-state index contributed by atoms with van der Waals surface area (Å²) in [6.07, 6.45) is 6.38. The number of benzene rings is 1. The van der Waals surface area contributed by atoms with Crippen LogP contribution in [0.2, 0.25) is 0 Å². The number of imidazole rings is 1. The molecule has 2 N–H and O–H groups in total. The first-order valence-corrected chi connectivity index (χ1v) is 7.68. The maximum absolute atomic E-state index is 12.0. The lowest BCUT2D eigenvalue weighted by Gasteiger charge is -2.25. The number of rotatable bonds is 3. The van der Waals surface area contributed by atoms with Crippen LogP contribution in [0.1, 0.15) is 24.6 Å². The van der Waals surface area contributed by atoms with Crippen molar-refractivity contribution in [1.29, 1.82) is 0 Å². The molecule has 1 aromatic carbocycles. The molecule has 6 nitrogen and oxygen atoms in total. The topological polar surface area (TPSA) is 70.2 Å². The monoisotopic (exact) mass is 312 g/mol. The first-order valence-electron chi connectivity index (χ1n) is 7.68. The molecule has 1 aromatic heterocycles. The maximum Gasteiger partial charge on any atom is 0.321 e. The minimum atomic E-state index is -0.123. The van der Waals surface area contributed by atoms with Gasteiger partial charge in [-0.3, -0.25) is 4.90 Å². The summed E-state index contributed by atoms with van der Waals surface area (Å²) >= 11 is 0. The van der Waals surface area contributed by atoms with E-state index in [0.29, 0.717) is 13.2 Å². The number of aromatic nitrogens is 2. The molecule has 0 saturated carbocycles. The number of hydrogen-bond donors (Lipinski definition) is 2. The molecule has 2 heterocycles. The van der Waals surface area contributed by atoms with E-state index < -0.39 is 0 Å². The highest BCUT2D eigenvalue weighted by Gasteiger charge is 2.19. The number of urea groups is 1. The highest BCUT2D eigenvalue weighted by Crippen LogP contribution is 2.36. The summed E-state index contributed by atoms with van der Waals surface area (Å²) in [7, 11) is 1.63. The minimum absolute atomic E-state index is 0.123. The molecule has 0 unspecified atom stereocenters.